The summed E-state index contributed by atoms with van der Waals surface area (Å²) < 4.78 is 2.27. The molecule has 1 aliphatic rings. The summed E-state index contributed by atoms with van der Waals surface area (Å²) in [7, 11) is 0. The molecule has 24 heavy (non-hydrogen) atoms. The zero-order valence-corrected chi connectivity index (χ0v) is 14.3. The average Bonchev–Trinajstić information content (AvgIpc) is 3.18. The first-order chi connectivity index (χ1) is 11.2. The zero-order valence-electron chi connectivity index (χ0n) is 13.4. The van der Waals surface area contributed by atoms with E-state index in [1.807, 2.05) is 24.3 Å². The summed E-state index contributed by atoms with van der Waals surface area (Å²) in [5.74, 6) is -0.872. The SMILES string of the molecule is Cl.O=C(O)c1ccc2c3ccccc3n(CCN3CCCC3)c2c1. The maximum atomic E-state index is 11.3. The topological polar surface area (TPSA) is 45.5 Å². The van der Waals surface area contributed by atoms with Crippen LogP contribution in [0.5, 0.6) is 0 Å². The highest BCUT2D eigenvalue weighted by Gasteiger charge is 2.15. The van der Waals surface area contributed by atoms with Gasteiger partial charge in [-0.1, -0.05) is 24.3 Å². The minimum atomic E-state index is -0.872. The fourth-order valence-electron chi connectivity index (χ4n) is 3.67. The van der Waals surface area contributed by atoms with E-state index in [1.165, 1.54) is 36.8 Å². The van der Waals surface area contributed by atoms with Gasteiger partial charge in [-0.2, -0.15) is 0 Å². The molecule has 126 valence electrons. The summed E-state index contributed by atoms with van der Waals surface area (Å²) in [5, 5.41) is 11.6. The van der Waals surface area contributed by atoms with Gasteiger partial charge in [0.05, 0.1) is 5.56 Å². The van der Waals surface area contributed by atoms with Crippen LogP contribution in [-0.4, -0.2) is 40.2 Å². The summed E-state index contributed by atoms with van der Waals surface area (Å²) in [5.41, 5.74) is 2.55. The highest BCUT2D eigenvalue weighted by Crippen LogP contribution is 2.29. The van der Waals surface area contributed by atoms with Crippen molar-refractivity contribution in [2.45, 2.75) is 19.4 Å². The number of aromatic carboxylic acids is 1. The Hall–Kier alpha value is -2.04. The van der Waals surface area contributed by atoms with Crippen LogP contribution in [0.3, 0.4) is 0 Å². The summed E-state index contributed by atoms with van der Waals surface area (Å²) >= 11 is 0. The Balaban J connectivity index is 0.00000169. The van der Waals surface area contributed by atoms with Crippen molar-refractivity contribution >= 4 is 40.2 Å². The van der Waals surface area contributed by atoms with Crippen LogP contribution in [0.25, 0.3) is 21.8 Å². The maximum Gasteiger partial charge on any atom is 0.335 e. The molecule has 4 rings (SSSR count). The molecule has 2 aromatic carbocycles. The van der Waals surface area contributed by atoms with Crippen LogP contribution in [0.15, 0.2) is 42.5 Å². The van der Waals surface area contributed by atoms with Crippen LogP contribution < -0.4 is 0 Å². The van der Waals surface area contributed by atoms with Gasteiger partial charge in [0.25, 0.3) is 0 Å². The quantitative estimate of drug-likeness (QED) is 0.777. The number of likely N-dealkylation sites (tertiary alicyclic amines) is 1. The van der Waals surface area contributed by atoms with E-state index < -0.39 is 5.97 Å². The van der Waals surface area contributed by atoms with Crippen LogP contribution >= 0.6 is 12.4 Å². The van der Waals surface area contributed by atoms with Gasteiger partial charge in [-0.3, -0.25) is 0 Å². The number of benzene rings is 2. The average molecular weight is 345 g/mol. The lowest BCUT2D eigenvalue weighted by Crippen LogP contribution is -2.24. The van der Waals surface area contributed by atoms with Gasteiger partial charge in [0.1, 0.15) is 0 Å². The molecule has 0 unspecified atom stereocenters. The van der Waals surface area contributed by atoms with Crippen molar-refractivity contribution in [3.8, 4) is 0 Å². The zero-order chi connectivity index (χ0) is 15.8. The Labute approximate surface area is 147 Å². The fraction of sp³-hybridized carbons (Fsp3) is 0.316. The van der Waals surface area contributed by atoms with Gasteiger partial charge in [0.2, 0.25) is 0 Å². The molecule has 0 aliphatic carbocycles. The normalized spacial score (nSPS) is 15.0. The van der Waals surface area contributed by atoms with Crippen molar-refractivity contribution in [1.29, 1.82) is 0 Å². The molecule has 2 heterocycles. The molecular weight excluding hydrogens is 324 g/mol. The van der Waals surface area contributed by atoms with E-state index in [4.69, 9.17) is 0 Å². The molecular formula is C19H21ClN2O2. The number of nitrogens with zero attached hydrogens (tertiary/aromatic N) is 2. The third-order valence-electron chi connectivity index (χ3n) is 4.86. The number of fused-ring (bicyclic) bond motifs is 3. The standard InChI is InChI=1S/C19H20N2O2.ClH/c22-19(23)14-7-8-16-15-5-1-2-6-17(15)21(18(16)13-14)12-11-20-9-3-4-10-20;/h1-2,5-8,13H,3-4,9-12H2,(H,22,23);1H. The van der Waals surface area contributed by atoms with E-state index in [-0.39, 0.29) is 12.4 Å². The maximum absolute atomic E-state index is 11.3. The van der Waals surface area contributed by atoms with Crippen molar-refractivity contribution < 1.29 is 9.90 Å². The van der Waals surface area contributed by atoms with E-state index >= 15 is 0 Å². The molecule has 5 heteroatoms. The first-order valence-electron chi connectivity index (χ1n) is 8.21. The highest BCUT2D eigenvalue weighted by molar-refractivity contribution is 6.09. The third kappa shape index (κ3) is 2.87. The molecule has 1 aliphatic heterocycles. The predicted octanol–water partition coefficient (Wildman–Crippen LogP) is 4.01. The molecule has 1 aromatic heterocycles. The summed E-state index contributed by atoms with van der Waals surface area (Å²) in [6.07, 6.45) is 2.58. The monoisotopic (exact) mass is 344 g/mol. The molecule has 0 atom stereocenters. The second kappa shape index (κ2) is 6.83. The van der Waals surface area contributed by atoms with Crippen LogP contribution in [-0.2, 0) is 6.54 Å². The third-order valence-corrected chi connectivity index (χ3v) is 4.86. The number of carboxylic acids is 1. The van der Waals surface area contributed by atoms with Crippen LogP contribution in [0.1, 0.15) is 23.2 Å². The fourth-order valence-corrected chi connectivity index (χ4v) is 3.67. The molecule has 0 amide bonds. The predicted molar refractivity (Wildman–Crippen MR) is 99.3 cm³/mol. The van der Waals surface area contributed by atoms with Crippen molar-refractivity contribution in [3.63, 3.8) is 0 Å². The van der Waals surface area contributed by atoms with Crippen LogP contribution in [0.2, 0.25) is 0 Å². The van der Waals surface area contributed by atoms with Gasteiger partial charge < -0.3 is 14.6 Å². The summed E-state index contributed by atoms with van der Waals surface area (Å²) in [6.45, 7) is 4.27. The second-order valence-electron chi connectivity index (χ2n) is 6.25. The van der Waals surface area contributed by atoms with Crippen molar-refractivity contribution in [3.05, 3.63) is 48.0 Å². The van der Waals surface area contributed by atoms with Crippen molar-refractivity contribution in [2.75, 3.05) is 19.6 Å². The smallest absolute Gasteiger partial charge is 0.335 e. The first-order valence-corrected chi connectivity index (χ1v) is 8.21. The largest absolute Gasteiger partial charge is 0.478 e. The van der Waals surface area contributed by atoms with E-state index in [0.29, 0.717) is 5.56 Å². The van der Waals surface area contributed by atoms with Gasteiger partial charge in [0, 0.05) is 34.9 Å². The number of para-hydroxylation sites is 1. The number of carboxylic acid groups (broad SMARTS) is 1. The lowest BCUT2D eigenvalue weighted by Gasteiger charge is -2.16. The minimum Gasteiger partial charge on any atom is -0.478 e. The lowest BCUT2D eigenvalue weighted by molar-refractivity contribution is 0.0697. The number of aromatic nitrogens is 1. The highest BCUT2D eigenvalue weighted by atomic mass is 35.5. The Kier molecular flexibility index (Phi) is 4.78. The minimum absolute atomic E-state index is 0. The molecule has 0 bridgehead atoms. The molecule has 4 nitrogen and oxygen atoms in total. The molecule has 0 radical (unpaired) electrons. The first kappa shape index (κ1) is 16.8. The molecule has 0 spiro atoms. The number of carbonyl (C=O) groups is 1. The number of hydrogen-bond acceptors (Lipinski definition) is 2. The summed E-state index contributed by atoms with van der Waals surface area (Å²) in [6, 6.07) is 13.8. The lowest BCUT2D eigenvalue weighted by atomic mass is 10.1. The molecule has 3 aromatic rings. The Morgan fingerprint density at radius 3 is 2.42 bits per heavy atom. The summed E-state index contributed by atoms with van der Waals surface area (Å²) in [4.78, 5) is 13.8. The van der Waals surface area contributed by atoms with Crippen LogP contribution in [0.4, 0.5) is 0 Å². The van der Waals surface area contributed by atoms with E-state index in [2.05, 4.69) is 21.6 Å². The number of hydrogen-bond donors (Lipinski definition) is 1. The van der Waals surface area contributed by atoms with Gasteiger partial charge in [-0.15, -0.1) is 12.4 Å². The van der Waals surface area contributed by atoms with Crippen molar-refractivity contribution in [2.24, 2.45) is 0 Å². The van der Waals surface area contributed by atoms with Gasteiger partial charge in [0.15, 0.2) is 0 Å². The van der Waals surface area contributed by atoms with Crippen LogP contribution in [0, 0.1) is 0 Å². The molecule has 0 saturated carbocycles. The van der Waals surface area contributed by atoms with Gasteiger partial charge in [-0.05, 0) is 44.1 Å². The molecule has 1 N–H and O–H groups in total. The molecule has 1 saturated heterocycles. The number of rotatable bonds is 4. The van der Waals surface area contributed by atoms with Gasteiger partial charge in [-0.25, -0.2) is 4.79 Å². The van der Waals surface area contributed by atoms with E-state index in [0.717, 1.165) is 24.0 Å². The second-order valence-corrected chi connectivity index (χ2v) is 6.25. The Morgan fingerprint density at radius 2 is 1.67 bits per heavy atom. The van der Waals surface area contributed by atoms with Gasteiger partial charge >= 0.3 is 5.97 Å². The Morgan fingerprint density at radius 1 is 0.958 bits per heavy atom. The van der Waals surface area contributed by atoms with E-state index in [9.17, 15) is 9.90 Å². The number of halogens is 1. The molecule has 1 fully saturated rings. The van der Waals surface area contributed by atoms with E-state index in [1.54, 1.807) is 6.07 Å². The van der Waals surface area contributed by atoms with Crippen molar-refractivity contribution in [1.82, 2.24) is 9.47 Å². The Bertz CT molecular complexity index is 882.